The van der Waals surface area contributed by atoms with Crippen molar-refractivity contribution in [3.63, 3.8) is 0 Å². The Hall–Kier alpha value is -0.240. The van der Waals surface area contributed by atoms with Crippen LogP contribution in [0.4, 0.5) is 0 Å². The predicted molar refractivity (Wildman–Crippen MR) is 169 cm³/mol. The summed E-state index contributed by atoms with van der Waals surface area (Å²) in [4.78, 5) is 2.32. The second kappa shape index (κ2) is 12.5. The first-order valence-electron chi connectivity index (χ1n) is 17.6. The molecule has 5 aliphatic rings. The highest BCUT2D eigenvalue weighted by Gasteiger charge is 2.69. The fourth-order valence-corrected chi connectivity index (χ4v) is 9.50. The zero-order valence-electron chi connectivity index (χ0n) is 29.8. The summed E-state index contributed by atoms with van der Waals surface area (Å²) in [6.07, 6.45) is 9.47. The molecule has 0 aromatic carbocycles. The van der Waals surface area contributed by atoms with Crippen LogP contribution in [-0.4, -0.2) is 46.5 Å². The molecule has 9 atom stereocenters. The molecule has 5 fully saturated rings. The quantitative estimate of drug-likeness (QED) is 0.306. The number of hydrogen-bond acceptors (Lipinski definition) is 6. The molecule has 3 aliphatic heterocycles. The van der Waals surface area contributed by atoms with Crippen molar-refractivity contribution >= 4 is 0 Å². The van der Waals surface area contributed by atoms with E-state index in [9.17, 15) is 0 Å². The molecule has 246 valence electrons. The van der Waals surface area contributed by atoms with Crippen LogP contribution in [0.3, 0.4) is 0 Å². The highest BCUT2D eigenvalue weighted by Crippen LogP contribution is 2.58. The van der Waals surface area contributed by atoms with Gasteiger partial charge in [0.15, 0.2) is 11.6 Å². The molecule has 0 spiro atoms. The van der Waals surface area contributed by atoms with E-state index >= 15 is 0 Å². The Morgan fingerprint density at radius 3 is 1.71 bits per heavy atom. The van der Waals surface area contributed by atoms with Gasteiger partial charge in [0.2, 0.25) is 5.91 Å². The van der Waals surface area contributed by atoms with Gasteiger partial charge in [0.05, 0.1) is 12.2 Å². The van der Waals surface area contributed by atoms with Gasteiger partial charge in [-0.1, -0.05) is 61.3 Å². The molecule has 0 aromatic rings. The number of ether oxygens (including phenoxy) is 5. The summed E-state index contributed by atoms with van der Waals surface area (Å²) >= 11 is 0. The summed E-state index contributed by atoms with van der Waals surface area (Å²) in [5.74, 6) is 3.92. The van der Waals surface area contributed by atoms with Crippen LogP contribution in [0.1, 0.15) is 142 Å². The molecule has 0 bridgehead atoms. The van der Waals surface area contributed by atoms with Crippen LogP contribution in [0.15, 0.2) is 0 Å². The molecule has 2 saturated carbocycles. The highest BCUT2D eigenvalue weighted by atomic mass is 16.9. The molecule has 3 saturated heterocycles. The summed E-state index contributed by atoms with van der Waals surface area (Å²) < 4.78 is 31.4. The van der Waals surface area contributed by atoms with Gasteiger partial charge in [-0.25, -0.2) is 0 Å². The molecule has 6 heteroatoms. The largest absolute Gasteiger partial charge is 0.345 e. The third-order valence-corrected chi connectivity index (χ3v) is 11.1. The highest BCUT2D eigenvalue weighted by molar-refractivity contribution is 5.02. The second-order valence-electron chi connectivity index (χ2n) is 16.7. The van der Waals surface area contributed by atoms with Gasteiger partial charge < -0.3 is 23.7 Å². The number of nitrogens with zero attached hydrogens (tertiary/aromatic N) is 1. The summed E-state index contributed by atoms with van der Waals surface area (Å²) in [6, 6.07) is 0. The van der Waals surface area contributed by atoms with Gasteiger partial charge in [-0.15, -0.1) is 0 Å². The second-order valence-corrected chi connectivity index (χ2v) is 16.7. The van der Waals surface area contributed by atoms with E-state index in [4.69, 9.17) is 23.7 Å². The minimum Gasteiger partial charge on any atom is -0.345 e. The molecule has 42 heavy (non-hydrogen) atoms. The molecular formula is C36H67NO5. The van der Waals surface area contributed by atoms with Crippen molar-refractivity contribution in [3.05, 3.63) is 0 Å². The summed E-state index contributed by atoms with van der Waals surface area (Å²) in [5.41, 5.74) is -0.335. The molecule has 0 amide bonds. The van der Waals surface area contributed by atoms with E-state index in [0.29, 0.717) is 29.8 Å². The van der Waals surface area contributed by atoms with E-state index < -0.39 is 17.5 Å². The van der Waals surface area contributed by atoms with Crippen LogP contribution in [-0.2, 0) is 23.7 Å². The van der Waals surface area contributed by atoms with Crippen LogP contribution >= 0.6 is 0 Å². The minimum absolute atomic E-state index is 0.0335. The number of rotatable bonds is 6. The SMILES string of the molecule is CC1CCC(C(C)C)C(C2(N3C(C)OC3(C)C)OC(C)(C)O2)C1.CCC1OC(C)(C)OC1C1CC(C)CCC1C(C)C. The van der Waals surface area contributed by atoms with Crippen LogP contribution in [0, 0.1) is 47.3 Å². The molecule has 0 radical (unpaired) electrons. The Kier molecular flexibility index (Phi) is 10.3. The molecule has 2 aliphatic carbocycles. The first-order valence-corrected chi connectivity index (χ1v) is 17.6. The monoisotopic (exact) mass is 594 g/mol. The van der Waals surface area contributed by atoms with Gasteiger partial charge in [0, 0.05) is 5.92 Å². The van der Waals surface area contributed by atoms with E-state index in [1.165, 1.54) is 32.1 Å². The Balaban J connectivity index is 0.000000197. The Bertz CT molecular complexity index is 891. The maximum Gasteiger partial charge on any atom is 0.242 e. The lowest BCUT2D eigenvalue weighted by Gasteiger charge is -2.70. The molecule has 9 unspecified atom stereocenters. The van der Waals surface area contributed by atoms with Crippen LogP contribution in [0.2, 0.25) is 0 Å². The third kappa shape index (κ3) is 6.94. The van der Waals surface area contributed by atoms with Crippen molar-refractivity contribution in [1.82, 2.24) is 4.90 Å². The average Bonchev–Trinajstić information content (AvgIpc) is 3.16. The van der Waals surface area contributed by atoms with Crippen LogP contribution in [0.5, 0.6) is 0 Å². The van der Waals surface area contributed by atoms with Crippen molar-refractivity contribution in [2.45, 2.75) is 184 Å². The minimum atomic E-state index is -0.631. The van der Waals surface area contributed by atoms with Gasteiger partial charge in [-0.05, 0) is 122 Å². The van der Waals surface area contributed by atoms with Gasteiger partial charge in [-0.3, -0.25) is 0 Å². The Morgan fingerprint density at radius 2 is 1.24 bits per heavy atom. The molecule has 5 rings (SSSR count). The lowest BCUT2D eigenvalue weighted by atomic mass is 9.67. The van der Waals surface area contributed by atoms with Gasteiger partial charge in [0.1, 0.15) is 12.0 Å². The van der Waals surface area contributed by atoms with E-state index in [1.54, 1.807) is 0 Å². The Labute approximate surface area is 259 Å². The van der Waals surface area contributed by atoms with Crippen LogP contribution < -0.4 is 0 Å². The van der Waals surface area contributed by atoms with Gasteiger partial charge in [-0.2, -0.15) is 4.90 Å². The van der Waals surface area contributed by atoms with Gasteiger partial charge in [0.25, 0.3) is 0 Å². The van der Waals surface area contributed by atoms with Crippen LogP contribution in [0.25, 0.3) is 0 Å². The normalized spacial score (nSPS) is 42.4. The third-order valence-electron chi connectivity index (χ3n) is 11.1. The van der Waals surface area contributed by atoms with Crippen molar-refractivity contribution in [2.75, 3.05) is 0 Å². The van der Waals surface area contributed by atoms with Crippen molar-refractivity contribution < 1.29 is 23.7 Å². The van der Waals surface area contributed by atoms with E-state index in [-0.39, 0.29) is 18.1 Å². The van der Waals surface area contributed by atoms with E-state index in [2.05, 4.69) is 88.0 Å². The van der Waals surface area contributed by atoms with E-state index in [0.717, 1.165) is 36.5 Å². The maximum absolute atomic E-state index is 6.52. The molecule has 0 N–H and O–H groups in total. The zero-order chi connectivity index (χ0) is 31.4. The fourth-order valence-electron chi connectivity index (χ4n) is 9.50. The summed E-state index contributed by atoms with van der Waals surface area (Å²) in [5, 5.41) is 0. The van der Waals surface area contributed by atoms with Crippen molar-refractivity contribution in [1.29, 1.82) is 0 Å². The maximum atomic E-state index is 6.52. The fraction of sp³-hybridized carbons (Fsp3) is 1.00. The Morgan fingerprint density at radius 1 is 0.690 bits per heavy atom. The topological polar surface area (TPSA) is 49.4 Å². The molecule has 3 heterocycles. The first-order chi connectivity index (χ1) is 19.3. The first kappa shape index (κ1) is 34.6. The predicted octanol–water partition coefficient (Wildman–Crippen LogP) is 9.17. The molecular weight excluding hydrogens is 526 g/mol. The van der Waals surface area contributed by atoms with Crippen molar-refractivity contribution in [2.24, 2.45) is 47.3 Å². The lowest BCUT2D eigenvalue weighted by Crippen LogP contribution is -2.83. The van der Waals surface area contributed by atoms with Crippen molar-refractivity contribution in [3.8, 4) is 0 Å². The summed E-state index contributed by atoms with van der Waals surface area (Å²) in [7, 11) is 0. The summed E-state index contributed by atoms with van der Waals surface area (Å²) in [6.45, 7) is 30.9. The van der Waals surface area contributed by atoms with Gasteiger partial charge >= 0.3 is 0 Å². The number of hydrogen-bond donors (Lipinski definition) is 0. The standard InChI is InChI=1S/C19H35NO3.C17H32O2/c1-12(2)15-10-9-13(3)11-16(15)19(22-18(7,8)23-19)20-14(4)21-17(20,5)6;1-7-15-16(19-17(5,6)18-15)14-10-12(4)8-9-13(14)11(2)3/h12-16H,9-11H2,1-8H3;11-16H,7-10H2,1-6H3. The molecule has 6 nitrogen and oxygen atoms in total. The lowest BCUT2D eigenvalue weighted by molar-refractivity contribution is -0.609. The molecule has 0 aromatic heterocycles. The zero-order valence-corrected chi connectivity index (χ0v) is 29.8. The van der Waals surface area contributed by atoms with E-state index in [1.807, 2.05) is 13.8 Å². The smallest absolute Gasteiger partial charge is 0.242 e. The average molecular weight is 594 g/mol.